The van der Waals surface area contributed by atoms with Crippen LogP contribution in [0.5, 0.6) is 0 Å². The number of methoxy groups -OCH3 is 1. The number of carbonyl (C=O) groups excluding carboxylic acids is 1. The summed E-state index contributed by atoms with van der Waals surface area (Å²) < 4.78 is 5.00. The molecule has 1 aliphatic heterocycles. The van der Waals surface area contributed by atoms with Crippen molar-refractivity contribution in [1.82, 2.24) is 10.2 Å². The fraction of sp³-hybridized carbons (Fsp3) is 0.941. The number of ether oxygens (including phenoxy) is 1. The van der Waals surface area contributed by atoms with Crippen LogP contribution in [0.25, 0.3) is 0 Å². The Morgan fingerprint density at radius 3 is 2.62 bits per heavy atom. The number of esters is 1. The van der Waals surface area contributed by atoms with Gasteiger partial charge < -0.3 is 4.74 Å². The van der Waals surface area contributed by atoms with Gasteiger partial charge in [-0.05, 0) is 78.8 Å². The Morgan fingerprint density at radius 1 is 1.38 bits per heavy atom. The predicted molar refractivity (Wildman–Crippen MR) is 85.3 cm³/mol. The first-order chi connectivity index (χ1) is 9.87. The number of hydrogen-bond donors (Lipinski definition) is 1. The second-order valence-corrected chi connectivity index (χ2v) is 7.60. The van der Waals surface area contributed by atoms with Crippen LogP contribution in [0.4, 0.5) is 0 Å². The normalized spacial score (nSPS) is 24.8. The quantitative estimate of drug-likeness (QED) is 0.552. The highest BCUT2D eigenvalue weighted by Gasteiger charge is 2.39. The molecule has 1 heterocycles. The number of nitrogens with zero attached hydrogens (tertiary/aromatic N) is 1. The van der Waals surface area contributed by atoms with Crippen LogP contribution in [0, 0.1) is 0 Å². The lowest BCUT2D eigenvalue weighted by Gasteiger charge is -2.32. The van der Waals surface area contributed by atoms with Gasteiger partial charge in [-0.15, -0.1) is 0 Å². The van der Waals surface area contributed by atoms with Crippen LogP contribution < -0.4 is 5.32 Å². The van der Waals surface area contributed by atoms with E-state index < -0.39 is 5.54 Å². The molecule has 0 radical (unpaired) electrons. The van der Waals surface area contributed by atoms with Crippen molar-refractivity contribution in [2.75, 3.05) is 20.2 Å². The third-order valence-electron chi connectivity index (χ3n) is 5.16. The van der Waals surface area contributed by atoms with Crippen LogP contribution in [-0.2, 0) is 9.53 Å². The average Bonchev–Trinajstić information content (AvgIpc) is 3.17. The van der Waals surface area contributed by atoms with E-state index in [-0.39, 0.29) is 5.97 Å². The molecule has 0 spiro atoms. The molecule has 0 amide bonds. The number of rotatable bonds is 8. The van der Waals surface area contributed by atoms with Gasteiger partial charge in [0.15, 0.2) is 0 Å². The molecule has 2 aliphatic rings. The SMILES string of the molecule is COC(=O)C(C)(CCCCN1CCCC1(C)C)NC1CC1. The Bertz CT molecular complexity index is 366. The van der Waals surface area contributed by atoms with E-state index in [0.717, 1.165) is 25.8 Å². The summed E-state index contributed by atoms with van der Waals surface area (Å²) >= 11 is 0. The molecule has 1 unspecified atom stereocenters. The molecule has 2 rings (SSSR count). The Balaban J connectivity index is 1.75. The third kappa shape index (κ3) is 4.43. The minimum absolute atomic E-state index is 0.115. The number of carbonyl (C=O) groups is 1. The first-order valence-corrected chi connectivity index (χ1v) is 8.48. The van der Waals surface area contributed by atoms with Crippen molar-refractivity contribution in [1.29, 1.82) is 0 Å². The fourth-order valence-electron chi connectivity index (χ4n) is 3.50. The predicted octanol–water partition coefficient (Wildman–Crippen LogP) is 2.71. The molecular formula is C17H32N2O2. The maximum atomic E-state index is 12.1. The van der Waals surface area contributed by atoms with Gasteiger partial charge in [-0.1, -0.05) is 0 Å². The van der Waals surface area contributed by atoms with E-state index in [2.05, 4.69) is 24.1 Å². The van der Waals surface area contributed by atoms with Crippen molar-refractivity contribution < 1.29 is 9.53 Å². The molecule has 4 heteroatoms. The molecule has 0 aromatic heterocycles. The summed E-state index contributed by atoms with van der Waals surface area (Å²) in [6.07, 6.45) is 8.08. The van der Waals surface area contributed by atoms with Gasteiger partial charge in [0, 0.05) is 11.6 Å². The zero-order valence-corrected chi connectivity index (χ0v) is 14.2. The van der Waals surface area contributed by atoms with Crippen molar-refractivity contribution in [3.05, 3.63) is 0 Å². The smallest absolute Gasteiger partial charge is 0.325 e. The van der Waals surface area contributed by atoms with Crippen molar-refractivity contribution in [3.8, 4) is 0 Å². The topological polar surface area (TPSA) is 41.6 Å². The van der Waals surface area contributed by atoms with E-state index in [1.54, 1.807) is 0 Å². The molecule has 0 aromatic carbocycles. The summed E-state index contributed by atoms with van der Waals surface area (Å²) in [6, 6.07) is 0.520. The first kappa shape index (κ1) is 16.8. The Hall–Kier alpha value is -0.610. The Kier molecular flexibility index (Phi) is 5.31. The molecule has 1 aliphatic carbocycles. The largest absolute Gasteiger partial charge is 0.468 e. The van der Waals surface area contributed by atoms with Crippen LogP contribution in [0.1, 0.15) is 65.7 Å². The van der Waals surface area contributed by atoms with E-state index in [1.807, 2.05) is 6.92 Å². The highest BCUT2D eigenvalue weighted by atomic mass is 16.5. The van der Waals surface area contributed by atoms with Crippen molar-refractivity contribution in [2.24, 2.45) is 0 Å². The van der Waals surface area contributed by atoms with Gasteiger partial charge in [-0.25, -0.2) is 0 Å². The molecule has 21 heavy (non-hydrogen) atoms. The minimum Gasteiger partial charge on any atom is -0.468 e. The van der Waals surface area contributed by atoms with Crippen molar-refractivity contribution in [3.63, 3.8) is 0 Å². The van der Waals surface area contributed by atoms with Gasteiger partial charge in [0.05, 0.1) is 7.11 Å². The molecule has 0 aromatic rings. The van der Waals surface area contributed by atoms with Crippen molar-refractivity contribution >= 4 is 5.97 Å². The van der Waals surface area contributed by atoms with E-state index in [9.17, 15) is 4.79 Å². The number of nitrogens with one attached hydrogen (secondary N) is 1. The lowest BCUT2D eigenvalue weighted by Crippen LogP contribution is -2.51. The molecule has 1 N–H and O–H groups in total. The molecule has 1 saturated heterocycles. The summed E-state index contributed by atoms with van der Waals surface area (Å²) in [5.41, 5.74) is -0.144. The van der Waals surface area contributed by atoms with E-state index in [1.165, 1.54) is 39.3 Å². The maximum absolute atomic E-state index is 12.1. The zero-order chi connectivity index (χ0) is 15.5. The average molecular weight is 296 g/mol. The molecule has 1 saturated carbocycles. The van der Waals surface area contributed by atoms with Gasteiger partial charge >= 0.3 is 5.97 Å². The van der Waals surface area contributed by atoms with Gasteiger partial charge in [-0.3, -0.25) is 15.0 Å². The molecule has 0 bridgehead atoms. The lowest BCUT2D eigenvalue weighted by molar-refractivity contribution is -0.148. The van der Waals surface area contributed by atoms with E-state index >= 15 is 0 Å². The van der Waals surface area contributed by atoms with Gasteiger partial charge in [0.25, 0.3) is 0 Å². The lowest BCUT2D eigenvalue weighted by atomic mass is 9.94. The highest BCUT2D eigenvalue weighted by Crippen LogP contribution is 2.29. The summed E-state index contributed by atoms with van der Waals surface area (Å²) in [7, 11) is 1.49. The van der Waals surface area contributed by atoms with E-state index in [4.69, 9.17) is 4.74 Å². The second-order valence-electron chi connectivity index (χ2n) is 7.60. The van der Waals surface area contributed by atoms with Crippen LogP contribution in [-0.4, -0.2) is 48.2 Å². The molecule has 4 nitrogen and oxygen atoms in total. The molecule has 122 valence electrons. The van der Waals surface area contributed by atoms with Gasteiger partial charge in [0.2, 0.25) is 0 Å². The van der Waals surface area contributed by atoms with Crippen molar-refractivity contribution in [2.45, 2.75) is 82.8 Å². The van der Waals surface area contributed by atoms with Crippen LogP contribution in [0.2, 0.25) is 0 Å². The van der Waals surface area contributed by atoms with E-state index in [0.29, 0.717) is 11.6 Å². The number of hydrogen-bond acceptors (Lipinski definition) is 4. The Labute approximate surface area is 129 Å². The third-order valence-corrected chi connectivity index (χ3v) is 5.16. The second kappa shape index (κ2) is 6.66. The minimum atomic E-state index is -0.504. The molecular weight excluding hydrogens is 264 g/mol. The maximum Gasteiger partial charge on any atom is 0.325 e. The van der Waals surface area contributed by atoms with Gasteiger partial charge in [-0.2, -0.15) is 0 Å². The molecule has 2 fully saturated rings. The summed E-state index contributed by atoms with van der Waals surface area (Å²) in [5, 5.41) is 3.47. The highest BCUT2D eigenvalue weighted by molar-refractivity contribution is 5.80. The Morgan fingerprint density at radius 2 is 2.10 bits per heavy atom. The zero-order valence-electron chi connectivity index (χ0n) is 14.2. The monoisotopic (exact) mass is 296 g/mol. The summed E-state index contributed by atoms with van der Waals surface area (Å²) in [4.78, 5) is 14.6. The number of likely N-dealkylation sites (tertiary alicyclic amines) is 1. The number of unbranched alkanes of at least 4 members (excludes halogenated alkanes) is 1. The van der Waals surface area contributed by atoms with Crippen LogP contribution in [0.15, 0.2) is 0 Å². The molecule has 1 atom stereocenters. The summed E-state index contributed by atoms with van der Waals surface area (Å²) in [5.74, 6) is -0.115. The standard InChI is InChI=1S/C17H32N2O2/c1-16(2)10-7-13-19(16)12-6-5-11-17(3,15(20)21-4)18-14-8-9-14/h14,18H,5-13H2,1-4H3. The fourth-order valence-corrected chi connectivity index (χ4v) is 3.50. The van der Waals surface area contributed by atoms with Crippen LogP contribution >= 0.6 is 0 Å². The van der Waals surface area contributed by atoms with Gasteiger partial charge in [0.1, 0.15) is 5.54 Å². The summed E-state index contributed by atoms with van der Waals surface area (Å²) in [6.45, 7) is 9.05. The van der Waals surface area contributed by atoms with Crippen LogP contribution in [0.3, 0.4) is 0 Å². The first-order valence-electron chi connectivity index (χ1n) is 8.48.